The molecule has 2 unspecified atom stereocenters. The van der Waals surface area contributed by atoms with Gasteiger partial charge in [-0.3, -0.25) is 0 Å². The first-order chi connectivity index (χ1) is 8.46. The fraction of sp³-hybridized carbons (Fsp3) is 0.571. The second-order valence-corrected chi connectivity index (χ2v) is 5.57. The Kier molecular flexibility index (Phi) is 3.85. The summed E-state index contributed by atoms with van der Waals surface area (Å²) >= 11 is 6.02. The predicted molar refractivity (Wildman–Crippen MR) is 73.2 cm³/mol. The molecular formula is C14H20ClNO2. The van der Waals surface area contributed by atoms with Crippen molar-refractivity contribution in [1.29, 1.82) is 0 Å². The van der Waals surface area contributed by atoms with Crippen LogP contribution in [0.1, 0.15) is 25.3 Å². The molecule has 1 N–H and O–H groups in total. The number of rotatable bonds is 2. The predicted octanol–water partition coefficient (Wildman–Crippen LogP) is 2.65. The summed E-state index contributed by atoms with van der Waals surface area (Å²) in [7, 11) is 3.68. The molecular weight excluding hydrogens is 250 g/mol. The van der Waals surface area contributed by atoms with E-state index in [1.165, 1.54) is 0 Å². The number of benzene rings is 1. The zero-order valence-electron chi connectivity index (χ0n) is 11.1. The number of halogens is 1. The average molecular weight is 270 g/mol. The van der Waals surface area contributed by atoms with Crippen molar-refractivity contribution in [2.75, 3.05) is 20.7 Å². The van der Waals surface area contributed by atoms with Gasteiger partial charge in [0.25, 0.3) is 0 Å². The summed E-state index contributed by atoms with van der Waals surface area (Å²) in [4.78, 5) is 2.27. The molecule has 0 amide bonds. The molecule has 0 bridgehead atoms. The van der Waals surface area contributed by atoms with E-state index < -0.39 is 5.60 Å². The summed E-state index contributed by atoms with van der Waals surface area (Å²) in [6, 6.07) is 5.89. The number of likely N-dealkylation sites (tertiary alicyclic amines) is 1. The van der Waals surface area contributed by atoms with Crippen molar-refractivity contribution in [3.05, 3.63) is 28.8 Å². The van der Waals surface area contributed by atoms with Crippen LogP contribution in [0.4, 0.5) is 0 Å². The lowest BCUT2D eigenvalue weighted by atomic mass is 9.81. The maximum Gasteiger partial charge on any atom is 0.137 e. The van der Waals surface area contributed by atoms with Crippen LogP contribution in [-0.2, 0) is 5.60 Å². The van der Waals surface area contributed by atoms with Crippen LogP contribution < -0.4 is 4.74 Å². The van der Waals surface area contributed by atoms with Gasteiger partial charge in [0.15, 0.2) is 0 Å². The molecule has 4 heteroatoms. The standard InChI is InChI=1S/C14H20ClNO2/c1-10-9-14(17,6-7-16(10)2)11-4-5-12(15)13(8-11)18-3/h4-5,8,10,17H,6-7,9H2,1-3H3. The molecule has 1 aliphatic rings. The number of hydrogen-bond acceptors (Lipinski definition) is 3. The van der Waals surface area contributed by atoms with Crippen molar-refractivity contribution < 1.29 is 9.84 Å². The van der Waals surface area contributed by atoms with Gasteiger partial charge in [-0.15, -0.1) is 0 Å². The Morgan fingerprint density at radius 2 is 2.22 bits per heavy atom. The van der Waals surface area contributed by atoms with E-state index in [0.717, 1.165) is 24.9 Å². The highest BCUT2D eigenvalue weighted by Crippen LogP contribution is 2.38. The number of aliphatic hydroxyl groups is 1. The Bertz CT molecular complexity index is 438. The molecule has 2 rings (SSSR count). The molecule has 1 heterocycles. The van der Waals surface area contributed by atoms with Gasteiger partial charge in [0.2, 0.25) is 0 Å². The van der Waals surface area contributed by atoms with Crippen molar-refractivity contribution in [3.63, 3.8) is 0 Å². The van der Waals surface area contributed by atoms with Crippen LogP contribution in [0.5, 0.6) is 5.75 Å². The van der Waals surface area contributed by atoms with Crippen LogP contribution in [0.15, 0.2) is 18.2 Å². The van der Waals surface area contributed by atoms with Gasteiger partial charge in [-0.2, -0.15) is 0 Å². The van der Waals surface area contributed by atoms with Gasteiger partial charge in [0, 0.05) is 12.6 Å². The molecule has 1 saturated heterocycles. The topological polar surface area (TPSA) is 32.7 Å². The number of hydrogen-bond donors (Lipinski definition) is 1. The van der Waals surface area contributed by atoms with Crippen LogP contribution in [-0.4, -0.2) is 36.8 Å². The van der Waals surface area contributed by atoms with Crippen LogP contribution in [0.3, 0.4) is 0 Å². The molecule has 3 nitrogen and oxygen atoms in total. The third-order valence-corrected chi connectivity index (χ3v) is 4.26. The van der Waals surface area contributed by atoms with E-state index in [1.807, 2.05) is 12.1 Å². The third kappa shape index (κ3) is 2.48. The monoisotopic (exact) mass is 269 g/mol. The lowest BCUT2D eigenvalue weighted by molar-refractivity contribution is -0.0409. The Labute approximate surface area is 113 Å². The van der Waals surface area contributed by atoms with Crippen molar-refractivity contribution in [3.8, 4) is 5.75 Å². The molecule has 2 atom stereocenters. The first kappa shape index (κ1) is 13.7. The molecule has 100 valence electrons. The molecule has 0 aromatic heterocycles. The molecule has 0 radical (unpaired) electrons. The molecule has 1 aromatic carbocycles. The highest BCUT2D eigenvalue weighted by molar-refractivity contribution is 6.32. The summed E-state index contributed by atoms with van der Waals surface area (Å²) < 4.78 is 5.22. The Hall–Kier alpha value is -0.770. The van der Waals surface area contributed by atoms with E-state index in [4.69, 9.17) is 16.3 Å². The average Bonchev–Trinajstić information content (AvgIpc) is 2.35. The van der Waals surface area contributed by atoms with Gasteiger partial charge in [0.05, 0.1) is 17.7 Å². The second kappa shape index (κ2) is 5.08. The van der Waals surface area contributed by atoms with Crippen molar-refractivity contribution in [2.45, 2.75) is 31.4 Å². The van der Waals surface area contributed by atoms with E-state index in [9.17, 15) is 5.11 Å². The van der Waals surface area contributed by atoms with Crippen LogP contribution in [0.2, 0.25) is 5.02 Å². The number of ether oxygens (including phenoxy) is 1. The van der Waals surface area contributed by atoms with Gasteiger partial charge in [-0.05, 0) is 44.5 Å². The molecule has 1 aromatic rings. The van der Waals surface area contributed by atoms with Crippen LogP contribution >= 0.6 is 11.6 Å². The van der Waals surface area contributed by atoms with Crippen molar-refractivity contribution >= 4 is 11.6 Å². The molecule has 1 aliphatic heterocycles. The van der Waals surface area contributed by atoms with E-state index in [1.54, 1.807) is 13.2 Å². The Balaban J connectivity index is 2.30. The summed E-state index contributed by atoms with van der Waals surface area (Å²) in [5.41, 5.74) is 0.118. The summed E-state index contributed by atoms with van der Waals surface area (Å²) in [5.74, 6) is 0.620. The Morgan fingerprint density at radius 3 is 2.83 bits per heavy atom. The minimum absolute atomic E-state index is 0.366. The quantitative estimate of drug-likeness (QED) is 0.896. The lowest BCUT2D eigenvalue weighted by Crippen LogP contribution is -2.45. The molecule has 0 saturated carbocycles. The summed E-state index contributed by atoms with van der Waals surface area (Å²) in [5, 5.41) is 11.4. The third-order valence-electron chi connectivity index (χ3n) is 3.95. The summed E-state index contributed by atoms with van der Waals surface area (Å²) in [6.07, 6.45) is 1.47. The van der Waals surface area contributed by atoms with Gasteiger partial charge < -0.3 is 14.7 Å². The normalized spacial score (nSPS) is 29.3. The van der Waals surface area contributed by atoms with E-state index >= 15 is 0 Å². The Morgan fingerprint density at radius 1 is 1.50 bits per heavy atom. The highest BCUT2D eigenvalue weighted by Gasteiger charge is 2.36. The first-order valence-electron chi connectivity index (χ1n) is 6.23. The molecule has 0 aliphatic carbocycles. The van der Waals surface area contributed by atoms with Crippen LogP contribution in [0.25, 0.3) is 0 Å². The minimum Gasteiger partial charge on any atom is -0.495 e. The van der Waals surface area contributed by atoms with E-state index in [-0.39, 0.29) is 0 Å². The van der Waals surface area contributed by atoms with Gasteiger partial charge in [-0.25, -0.2) is 0 Å². The highest BCUT2D eigenvalue weighted by atomic mass is 35.5. The van der Waals surface area contributed by atoms with E-state index in [0.29, 0.717) is 16.8 Å². The van der Waals surface area contributed by atoms with Gasteiger partial charge >= 0.3 is 0 Å². The van der Waals surface area contributed by atoms with Gasteiger partial charge in [0.1, 0.15) is 5.75 Å². The largest absolute Gasteiger partial charge is 0.495 e. The molecule has 18 heavy (non-hydrogen) atoms. The smallest absolute Gasteiger partial charge is 0.137 e. The number of methoxy groups -OCH3 is 1. The fourth-order valence-corrected chi connectivity index (χ4v) is 2.73. The maximum atomic E-state index is 10.8. The van der Waals surface area contributed by atoms with Crippen LogP contribution in [0, 0.1) is 0 Å². The summed E-state index contributed by atoms with van der Waals surface area (Å²) in [6.45, 7) is 3.03. The second-order valence-electron chi connectivity index (χ2n) is 5.16. The number of nitrogens with zero attached hydrogens (tertiary/aromatic N) is 1. The number of piperidine rings is 1. The SMILES string of the molecule is COc1cc(C2(O)CCN(C)C(C)C2)ccc1Cl. The molecule has 0 spiro atoms. The fourth-order valence-electron chi connectivity index (χ4n) is 2.54. The van der Waals surface area contributed by atoms with E-state index in [2.05, 4.69) is 18.9 Å². The first-order valence-corrected chi connectivity index (χ1v) is 6.61. The van der Waals surface area contributed by atoms with Gasteiger partial charge in [-0.1, -0.05) is 17.7 Å². The van der Waals surface area contributed by atoms with Crippen molar-refractivity contribution in [2.24, 2.45) is 0 Å². The lowest BCUT2D eigenvalue weighted by Gasteiger charge is -2.41. The maximum absolute atomic E-state index is 10.8. The molecule has 1 fully saturated rings. The zero-order valence-corrected chi connectivity index (χ0v) is 11.9. The zero-order chi connectivity index (χ0) is 13.3. The van der Waals surface area contributed by atoms with Crippen molar-refractivity contribution in [1.82, 2.24) is 4.90 Å². The minimum atomic E-state index is -0.774.